The van der Waals surface area contributed by atoms with E-state index in [0.717, 1.165) is 37.2 Å². The Labute approximate surface area is 147 Å². The van der Waals surface area contributed by atoms with Gasteiger partial charge in [-0.1, -0.05) is 18.5 Å². The van der Waals surface area contributed by atoms with E-state index in [9.17, 15) is 4.79 Å². The number of carbonyl (C=O) groups is 1. The summed E-state index contributed by atoms with van der Waals surface area (Å²) in [6.45, 7) is 5.79. The number of aryl methyl sites for hydroxylation is 1. The smallest absolute Gasteiger partial charge is 0.274 e. The third kappa shape index (κ3) is 3.85. The van der Waals surface area contributed by atoms with Gasteiger partial charge in [0.25, 0.3) is 5.91 Å². The molecule has 0 unspecified atom stereocenters. The highest BCUT2D eigenvalue weighted by Crippen LogP contribution is 2.23. The summed E-state index contributed by atoms with van der Waals surface area (Å²) in [6, 6.07) is 9.10. The molecule has 126 valence electrons. The van der Waals surface area contributed by atoms with E-state index in [4.69, 9.17) is 11.6 Å². The average molecular weight is 345 g/mol. The van der Waals surface area contributed by atoms with Crippen molar-refractivity contribution in [1.82, 2.24) is 15.1 Å². The van der Waals surface area contributed by atoms with E-state index >= 15 is 0 Å². The second kappa shape index (κ2) is 7.18. The van der Waals surface area contributed by atoms with Crippen LogP contribution in [0.25, 0.3) is 0 Å². The maximum atomic E-state index is 12.5. The zero-order valence-electron chi connectivity index (χ0n) is 13.9. The van der Waals surface area contributed by atoms with Gasteiger partial charge < -0.3 is 10.2 Å². The molecular formula is C18H21ClN4O. The number of hydrogen-bond donors (Lipinski definition) is 1. The molecular weight excluding hydrogens is 324 g/mol. The average Bonchev–Trinajstić information content (AvgIpc) is 2.58. The first kappa shape index (κ1) is 16.7. The van der Waals surface area contributed by atoms with Crippen molar-refractivity contribution in [3.8, 4) is 0 Å². The van der Waals surface area contributed by atoms with E-state index in [1.165, 1.54) is 0 Å². The van der Waals surface area contributed by atoms with Gasteiger partial charge in [-0.25, -0.2) is 0 Å². The number of nitrogens with one attached hydrogen (secondary N) is 1. The fourth-order valence-electron chi connectivity index (χ4n) is 2.79. The first-order valence-electron chi connectivity index (χ1n) is 8.19. The van der Waals surface area contributed by atoms with Crippen LogP contribution in [0.3, 0.4) is 0 Å². The van der Waals surface area contributed by atoms with Crippen LogP contribution in [-0.4, -0.2) is 34.1 Å². The molecule has 1 aliphatic heterocycles. The number of amides is 1. The van der Waals surface area contributed by atoms with E-state index in [1.807, 2.05) is 30.0 Å². The fraction of sp³-hybridized carbons (Fsp3) is 0.389. The molecule has 24 heavy (non-hydrogen) atoms. The van der Waals surface area contributed by atoms with Crippen LogP contribution < -0.4 is 5.32 Å². The number of halogens is 1. The molecule has 2 heterocycles. The van der Waals surface area contributed by atoms with Gasteiger partial charge in [0.2, 0.25) is 0 Å². The molecule has 1 saturated heterocycles. The maximum absolute atomic E-state index is 12.5. The number of rotatable bonds is 3. The number of hydrogen-bond acceptors (Lipinski definition) is 4. The highest BCUT2D eigenvalue weighted by atomic mass is 35.5. The van der Waals surface area contributed by atoms with Crippen molar-refractivity contribution in [2.24, 2.45) is 5.92 Å². The number of carbonyl (C=O) groups excluding carboxylic acids is 1. The molecule has 0 atom stereocenters. The van der Waals surface area contributed by atoms with Gasteiger partial charge in [-0.15, -0.1) is 10.2 Å². The lowest BCUT2D eigenvalue weighted by atomic mass is 9.99. The molecule has 0 spiro atoms. The molecule has 1 aliphatic rings. The van der Waals surface area contributed by atoms with E-state index in [2.05, 4.69) is 22.4 Å². The van der Waals surface area contributed by atoms with E-state index in [-0.39, 0.29) is 5.91 Å². The molecule has 3 rings (SSSR count). The number of benzene rings is 1. The molecule has 0 bridgehead atoms. The molecule has 2 aromatic rings. The van der Waals surface area contributed by atoms with Crippen molar-refractivity contribution >= 4 is 29.0 Å². The summed E-state index contributed by atoms with van der Waals surface area (Å²) in [5.41, 5.74) is 2.33. The Bertz CT molecular complexity index is 724. The van der Waals surface area contributed by atoms with Crippen molar-refractivity contribution < 1.29 is 4.79 Å². The Morgan fingerprint density at radius 3 is 2.58 bits per heavy atom. The van der Waals surface area contributed by atoms with Crippen LogP contribution >= 0.6 is 11.6 Å². The summed E-state index contributed by atoms with van der Waals surface area (Å²) in [6.07, 6.45) is 2.10. The van der Waals surface area contributed by atoms with Crippen LogP contribution in [-0.2, 0) is 0 Å². The predicted octanol–water partition coefficient (Wildman–Crippen LogP) is 4.05. The molecule has 1 aromatic carbocycles. The number of nitrogens with zero attached hydrogens (tertiary/aromatic N) is 3. The summed E-state index contributed by atoms with van der Waals surface area (Å²) >= 11 is 5.96. The fourth-order valence-corrected chi connectivity index (χ4v) is 3.02. The van der Waals surface area contributed by atoms with Crippen LogP contribution in [0, 0.1) is 12.8 Å². The topological polar surface area (TPSA) is 58.1 Å². The lowest BCUT2D eigenvalue weighted by molar-refractivity contribution is 0.0690. The van der Waals surface area contributed by atoms with Crippen LogP contribution in [0.4, 0.5) is 11.5 Å². The third-order valence-electron chi connectivity index (χ3n) is 4.41. The van der Waals surface area contributed by atoms with Crippen molar-refractivity contribution in [3.63, 3.8) is 0 Å². The van der Waals surface area contributed by atoms with Crippen LogP contribution in [0.1, 0.15) is 35.8 Å². The quantitative estimate of drug-likeness (QED) is 0.912. The number of piperidine rings is 1. The second-order valence-corrected chi connectivity index (χ2v) is 6.80. The van der Waals surface area contributed by atoms with Crippen molar-refractivity contribution in [2.75, 3.05) is 18.4 Å². The molecule has 1 N–H and O–H groups in total. The lowest BCUT2D eigenvalue weighted by Crippen LogP contribution is -2.38. The van der Waals surface area contributed by atoms with Crippen molar-refractivity contribution in [3.05, 3.63) is 46.6 Å². The van der Waals surface area contributed by atoms with Gasteiger partial charge in [0.1, 0.15) is 0 Å². The van der Waals surface area contributed by atoms with Gasteiger partial charge >= 0.3 is 0 Å². The Hall–Kier alpha value is -2.14. The summed E-state index contributed by atoms with van der Waals surface area (Å²) in [7, 11) is 0. The normalized spacial score (nSPS) is 15.4. The number of likely N-dealkylation sites (tertiary alicyclic amines) is 1. The molecule has 1 aromatic heterocycles. The molecule has 5 nitrogen and oxygen atoms in total. The van der Waals surface area contributed by atoms with Gasteiger partial charge in [-0.05, 0) is 61.6 Å². The molecule has 0 aliphatic carbocycles. The Morgan fingerprint density at radius 1 is 1.21 bits per heavy atom. The maximum Gasteiger partial charge on any atom is 0.274 e. The van der Waals surface area contributed by atoms with E-state index < -0.39 is 0 Å². The van der Waals surface area contributed by atoms with Gasteiger partial charge in [-0.2, -0.15) is 0 Å². The Kier molecular flexibility index (Phi) is 5.00. The minimum atomic E-state index is -0.0383. The SMILES string of the molecule is Cc1cc(Cl)ccc1Nc1ccc(C(=O)N2CCC(C)CC2)nn1. The van der Waals surface area contributed by atoms with Crippen LogP contribution in [0.5, 0.6) is 0 Å². The summed E-state index contributed by atoms with van der Waals surface area (Å²) < 4.78 is 0. The number of anilines is 2. The van der Waals surface area contributed by atoms with E-state index in [0.29, 0.717) is 22.5 Å². The van der Waals surface area contributed by atoms with Gasteiger partial charge in [0.05, 0.1) is 0 Å². The van der Waals surface area contributed by atoms with Crippen LogP contribution in [0.15, 0.2) is 30.3 Å². The third-order valence-corrected chi connectivity index (χ3v) is 4.64. The molecule has 1 amide bonds. The first-order valence-corrected chi connectivity index (χ1v) is 8.57. The first-order chi connectivity index (χ1) is 11.5. The van der Waals surface area contributed by atoms with Gasteiger partial charge in [0.15, 0.2) is 11.5 Å². The molecule has 0 saturated carbocycles. The predicted molar refractivity (Wildman–Crippen MR) is 95.8 cm³/mol. The van der Waals surface area contributed by atoms with E-state index in [1.54, 1.807) is 12.1 Å². The van der Waals surface area contributed by atoms with Crippen molar-refractivity contribution in [1.29, 1.82) is 0 Å². The zero-order valence-corrected chi connectivity index (χ0v) is 14.7. The van der Waals surface area contributed by atoms with Crippen LogP contribution in [0.2, 0.25) is 5.02 Å². The highest BCUT2D eigenvalue weighted by molar-refractivity contribution is 6.30. The summed E-state index contributed by atoms with van der Waals surface area (Å²) in [5.74, 6) is 1.25. The highest BCUT2D eigenvalue weighted by Gasteiger charge is 2.22. The number of aromatic nitrogens is 2. The zero-order chi connectivity index (χ0) is 17.1. The molecule has 0 radical (unpaired) electrons. The minimum Gasteiger partial charge on any atom is -0.339 e. The largest absolute Gasteiger partial charge is 0.339 e. The summed E-state index contributed by atoms with van der Waals surface area (Å²) in [5, 5.41) is 12.1. The Morgan fingerprint density at radius 2 is 1.96 bits per heavy atom. The molecule has 1 fully saturated rings. The van der Waals surface area contributed by atoms with Gasteiger partial charge in [0, 0.05) is 23.8 Å². The standard InChI is InChI=1S/C18H21ClN4O/c1-12-7-9-23(10-8-12)18(24)16-5-6-17(22-21-16)20-15-4-3-14(19)11-13(15)2/h3-6,11-12H,7-10H2,1-2H3,(H,20,22). The minimum absolute atomic E-state index is 0.0383. The molecule has 6 heteroatoms. The van der Waals surface area contributed by atoms with Gasteiger partial charge in [-0.3, -0.25) is 4.79 Å². The summed E-state index contributed by atoms with van der Waals surface area (Å²) in [4.78, 5) is 14.3. The van der Waals surface area contributed by atoms with Crippen molar-refractivity contribution in [2.45, 2.75) is 26.7 Å². The second-order valence-electron chi connectivity index (χ2n) is 6.36. The monoisotopic (exact) mass is 344 g/mol. The Balaban J connectivity index is 1.68. The lowest BCUT2D eigenvalue weighted by Gasteiger charge is -2.29.